The fourth-order valence-corrected chi connectivity index (χ4v) is 3.00. The van der Waals surface area contributed by atoms with Crippen LogP contribution in [-0.2, 0) is 6.54 Å². The van der Waals surface area contributed by atoms with Crippen LogP contribution in [0.1, 0.15) is 17.7 Å². The average Bonchev–Trinajstić information content (AvgIpc) is 3.06. The SMILES string of the molecule is Brc1ccc(-c2ccc(CNC3CC3)s2)cc1. The third kappa shape index (κ3) is 2.97. The van der Waals surface area contributed by atoms with Crippen LogP contribution in [0.5, 0.6) is 0 Å². The number of hydrogen-bond acceptors (Lipinski definition) is 2. The first kappa shape index (κ1) is 11.5. The second-order valence-electron chi connectivity index (χ2n) is 4.43. The number of halogens is 1. The van der Waals surface area contributed by atoms with Gasteiger partial charge in [-0.3, -0.25) is 0 Å². The minimum atomic E-state index is 0.785. The maximum atomic E-state index is 3.55. The predicted molar refractivity (Wildman–Crippen MR) is 77.3 cm³/mol. The van der Waals surface area contributed by atoms with Gasteiger partial charge in [0.15, 0.2) is 0 Å². The first-order valence-electron chi connectivity index (χ1n) is 5.89. The molecule has 3 rings (SSSR count). The minimum absolute atomic E-state index is 0.785. The Labute approximate surface area is 114 Å². The lowest BCUT2D eigenvalue weighted by molar-refractivity contribution is 0.695. The summed E-state index contributed by atoms with van der Waals surface area (Å²) in [5.41, 5.74) is 1.30. The van der Waals surface area contributed by atoms with E-state index in [4.69, 9.17) is 0 Å². The van der Waals surface area contributed by atoms with Crippen LogP contribution in [0.25, 0.3) is 10.4 Å². The lowest BCUT2D eigenvalue weighted by Crippen LogP contribution is -2.14. The van der Waals surface area contributed by atoms with Crippen molar-refractivity contribution in [1.29, 1.82) is 0 Å². The van der Waals surface area contributed by atoms with Crippen molar-refractivity contribution in [3.63, 3.8) is 0 Å². The van der Waals surface area contributed by atoms with Crippen LogP contribution in [0.3, 0.4) is 0 Å². The van der Waals surface area contributed by atoms with Gasteiger partial charge in [-0.05, 0) is 42.7 Å². The molecule has 0 saturated heterocycles. The molecule has 1 nitrogen and oxygen atoms in total. The van der Waals surface area contributed by atoms with Gasteiger partial charge in [-0.1, -0.05) is 28.1 Å². The van der Waals surface area contributed by atoms with Crippen molar-refractivity contribution in [1.82, 2.24) is 5.32 Å². The number of nitrogens with one attached hydrogen (secondary N) is 1. The van der Waals surface area contributed by atoms with Crippen molar-refractivity contribution in [2.24, 2.45) is 0 Å². The van der Waals surface area contributed by atoms with Gasteiger partial charge in [0.2, 0.25) is 0 Å². The Hall–Kier alpha value is -0.640. The summed E-state index contributed by atoms with van der Waals surface area (Å²) in [6, 6.07) is 13.7. The summed E-state index contributed by atoms with van der Waals surface area (Å²) in [6.07, 6.45) is 2.70. The van der Waals surface area contributed by atoms with Gasteiger partial charge in [0, 0.05) is 26.8 Å². The smallest absolute Gasteiger partial charge is 0.0346 e. The van der Waals surface area contributed by atoms with Gasteiger partial charge < -0.3 is 5.32 Å². The number of rotatable bonds is 4. The quantitative estimate of drug-likeness (QED) is 0.881. The normalized spacial score (nSPS) is 15.1. The Morgan fingerprint density at radius 1 is 1.12 bits per heavy atom. The van der Waals surface area contributed by atoms with Crippen molar-refractivity contribution in [2.45, 2.75) is 25.4 Å². The van der Waals surface area contributed by atoms with Crippen LogP contribution in [0, 0.1) is 0 Å². The van der Waals surface area contributed by atoms with Crippen LogP contribution in [0.4, 0.5) is 0 Å². The zero-order valence-corrected chi connectivity index (χ0v) is 11.9. The molecule has 0 bridgehead atoms. The fraction of sp³-hybridized carbons (Fsp3) is 0.286. The zero-order chi connectivity index (χ0) is 11.7. The van der Waals surface area contributed by atoms with Gasteiger partial charge in [-0.15, -0.1) is 11.3 Å². The molecule has 0 aliphatic heterocycles. The molecule has 0 spiro atoms. The largest absolute Gasteiger partial charge is 0.309 e. The summed E-state index contributed by atoms with van der Waals surface area (Å²) >= 11 is 5.35. The van der Waals surface area contributed by atoms with E-state index in [0.29, 0.717) is 0 Å². The van der Waals surface area contributed by atoms with Gasteiger partial charge in [-0.25, -0.2) is 0 Å². The summed E-state index contributed by atoms with van der Waals surface area (Å²) in [7, 11) is 0. The highest BCUT2D eigenvalue weighted by Crippen LogP contribution is 2.29. The molecule has 1 aromatic heterocycles. The van der Waals surface area contributed by atoms with E-state index >= 15 is 0 Å². The summed E-state index contributed by atoms with van der Waals surface area (Å²) in [4.78, 5) is 2.78. The van der Waals surface area contributed by atoms with Crippen molar-refractivity contribution in [3.8, 4) is 10.4 Å². The standard InChI is InChI=1S/C14H14BrNS/c15-11-3-1-10(2-4-11)14-8-7-13(17-14)9-16-12-5-6-12/h1-4,7-8,12,16H,5-6,9H2. The zero-order valence-electron chi connectivity index (χ0n) is 9.45. The molecule has 0 amide bonds. The first-order valence-corrected chi connectivity index (χ1v) is 7.50. The molecule has 1 saturated carbocycles. The summed E-state index contributed by atoms with van der Waals surface area (Å²) in [5, 5.41) is 3.55. The molecular weight excluding hydrogens is 294 g/mol. The van der Waals surface area contributed by atoms with E-state index in [9.17, 15) is 0 Å². The van der Waals surface area contributed by atoms with E-state index in [0.717, 1.165) is 17.1 Å². The van der Waals surface area contributed by atoms with Gasteiger partial charge >= 0.3 is 0 Å². The molecule has 88 valence electrons. The van der Waals surface area contributed by atoms with E-state index in [2.05, 4.69) is 57.6 Å². The van der Waals surface area contributed by atoms with Gasteiger partial charge in [0.05, 0.1) is 0 Å². The molecule has 1 aliphatic carbocycles. The summed E-state index contributed by atoms with van der Waals surface area (Å²) < 4.78 is 1.13. The van der Waals surface area contributed by atoms with Crippen molar-refractivity contribution in [2.75, 3.05) is 0 Å². The molecule has 2 aromatic rings. The highest BCUT2D eigenvalue weighted by atomic mass is 79.9. The summed E-state index contributed by atoms with van der Waals surface area (Å²) in [5.74, 6) is 0. The lowest BCUT2D eigenvalue weighted by atomic mass is 10.2. The average molecular weight is 308 g/mol. The van der Waals surface area contributed by atoms with Gasteiger partial charge in [-0.2, -0.15) is 0 Å². The van der Waals surface area contributed by atoms with Crippen LogP contribution in [0.2, 0.25) is 0 Å². The van der Waals surface area contributed by atoms with Gasteiger partial charge in [0.25, 0.3) is 0 Å². The number of benzene rings is 1. The number of thiophene rings is 1. The molecule has 1 aliphatic rings. The Kier molecular flexibility index (Phi) is 3.32. The van der Waals surface area contributed by atoms with Crippen LogP contribution >= 0.6 is 27.3 Å². The Bertz CT molecular complexity index is 499. The first-order chi connectivity index (χ1) is 8.31. The molecule has 0 radical (unpaired) electrons. The Morgan fingerprint density at radius 2 is 1.88 bits per heavy atom. The highest BCUT2D eigenvalue weighted by Gasteiger charge is 2.20. The predicted octanol–water partition coefficient (Wildman–Crippen LogP) is 4.43. The second-order valence-corrected chi connectivity index (χ2v) is 6.51. The summed E-state index contributed by atoms with van der Waals surface area (Å²) in [6.45, 7) is 1.02. The fourth-order valence-electron chi connectivity index (χ4n) is 1.77. The molecular formula is C14H14BrNS. The van der Waals surface area contributed by atoms with Crippen LogP contribution in [0.15, 0.2) is 40.9 Å². The Balaban J connectivity index is 1.72. The van der Waals surface area contributed by atoms with E-state index in [1.54, 1.807) is 0 Å². The maximum Gasteiger partial charge on any atom is 0.0346 e. The Morgan fingerprint density at radius 3 is 2.59 bits per heavy atom. The van der Waals surface area contributed by atoms with Crippen molar-refractivity contribution < 1.29 is 0 Å². The minimum Gasteiger partial charge on any atom is -0.309 e. The molecule has 0 unspecified atom stereocenters. The van der Waals surface area contributed by atoms with E-state index in [1.807, 2.05) is 11.3 Å². The lowest BCUT2D eigenvalue weighted by Gasteiger charge is -1.99. The monoisotopic (exact) mass is 307 g/mol. The van der Waals surface area contributed by atoms with Crippen molar-refractivity contribution >= 4 is 27.3 Å². The van der Waals surface area contributed by atoms with E-state index in [-0.39, 0.29) is 0 Å². The molecule has 3 heteroatoms. The third-order valence-corrected chi connectivity index (χ3v) is 4.60. The molecule has 1 N–H and O–H groups in total. The van der Waals surface area contributed by atoms with Gasteiger partial charge in [0.1, 0.15) is 0 Å². The van der Waals surface area contributed by atoms with Crippen molar-refractivity contribution in [3.05, 3.63) is 45.7 Å². The van der Waals surface area contributed by atoms with E-state index in [1.165, 1.54) is 28.2 Å². The molecule has 1 fully saturated rings. The van der Waals surface area contributed by atoms with Crippen LogP contribution < -0.4 is 5.32 Å². The maximum absolute atomic E-state index is 3.55. The molecule has 0 atom stereocenters. The van der Waals surface area contributed by atoms with E-state index < -0.39 is 0 Å². The molecule has 17 heavy (non-hydrogen) atoms. The topological polar surface area (TPSA) is 12.0 Å². The highest BCUT2D eigenvalue weighted by molar-refractivity contribution is 9.10. The number of hydrogen-bond donors (Lipinski definition) is 1. The molecule has 1 aromatic carbocycles. The third-order valence-electron chi connectivity index (χ3n) is 2.93. The molecule has 1 heterocycles. The second kappa shape index (κ2) is 4.92. The van der Waals surface area contributed by atoms with Crippen LogP contribution in [-0.4, -0.2) is 6.04 Å².